The molecule has 0 spiro atoms. The van der Waals surface area contributed by atoms with Gasteiger partial charge in [-0.25, -0.2) is 4.98 Å². The topological polar surface area (TPSA) is 79.7 Å². The average Bonchev–Trinajstić information content (AvgIpc) is 3.41. The number of Topliss-reactive ketones (excluding diaryl/α,β-unsaturated/α-hetero) is 1. The number of aliphatic hydroxyl groups excluding tert-OH is 1. The molecule has 1 aromatic heterocycles. The minimum atomic E-state index is -0.861. The zero-order valence-electron chi connectivity index (χ0n) is 19.0. The van der Waals surface area contributed by atoms with Crippen LogP contribution in [0.25, 0.3) is 16.0 Å². The van der Waals surface area contributed by atoms with Crippen LogP contribution in [-0.4, -0.2) is 28.9 Å². The van der Waals surface area contributed by atoms with Gasteiger partial charge in [0.25, 0.3) is 5.78 Å². The van der Waals surface area contributed by atoms with E-state index in [9.17, 15) is 14.7 Å². The van der Waals surface area contributed by atoms with Crippen LogP contribution in [0.1, 0.15) is 29.7 Å². The standard InChI is InChI=1S/C27H21ClN2O4S/c1-3-15-4-13-20-21(14-15)35-27(29-20)30-23(16-5-9-18(28)10-6-16)22(25(32)26(30)33)24(31)17-7-11-19(34-2)12-8-17/h4-14,23,31H,3H2,1-2H3/b24-22+/t23-/m1/s1. The van der Waals surface area contributed by atoms with Crippen molar-refractivity contribution in [1.82, 2.24) is 4.98 Å². The Labute approximate surface area is 211 Å². The highest BCUT2D eigenvalue weighted by Gasteiger charge is 2.48. The molecule has 0 saturated carbocycles. The normalized spacial score (nSPS) is 17.3. The van der Waals surface area contributed by atoms with Gasteiger partial charge in [0.05, 0.1) is 28.9 Å². The molecule has 35 heavy (non-hydrogen) atoms. The van der Waals surface area contributed by atoms with Crippen LogP contribution < -0.4 is 9.64 Å². The van der Waals surface area contributed by atoms with Crippen molar-refractivity contribution >= 4 is 55.7 Å². The summed E-state index contributed by atoms with van der Waals surface area (Å²) in [5, 5.41) is 12.1. The Morgan fingerprint density at radius 1 is 1.09 bits per heavy atom. The lowest BCUT2D eigenvalue weighted by atomic mass is 9.95. The quantitative estimate of drug-likeness (QED) is 0.200. The minimum absolute atomic E-state index is 0.00371. The molecule has 2 heterocycles. The van der Waals surface area contributed by atoms with Gasteiger partial charge in [-0.05, 0) is 66.1 Å². The van der Waals surface area contributed by atoms with Crippen LogP contribution in [0.15, 0.2) is 72.3 Å². The highest BCUT2D eigenvalue weighted by molar-refractivity contribution is 7.22. The fourth-order valence-electron chi connectivity index (χ4n) is 4.17. The maximum Gasteiger partial charge on any atom is 0.301 e. The van der Waals surface area contributed by atoms with E-state index in [1.54, 1.807) is 55.6 Å². The van der Waals surface area contributed by atoms with Crippen LogP contribution in [-0.2, 0) is 16.0 Å². The molecule has 176 valence electrons. The summed E-state index contributed by atoms with van der Waals surface area (Å²) in [6, 6.07) is 18.6. The number of fused-ring (bicyclic) bond motifs is 1. The van der Waals surface area contributed by atoms with Gasteiger partial charge >= 0.3 is 5.91 Å². The monoisotopic (exact) mass is 504 g/mol. The second kappa shape index (κ2) is 9.17. The molecule has 1 amide bonds. The summed E-state index contributed by atoms with van der Waals surface area (Å²) in [4.78, 5) is 32.7. The van der Waals surface area contributed by atoms with Gasteiger partial charge < -0.3 is 9.84 Å². The zero-order chi connectivity index (χ0) is 24.7. The third-order valence-corrected chi connectivity index (χ3v) is 7.32. The van der Waals surface area contributed by atoms with Crippen molar-refractivity contribution in [2.45, 2.75) is 19.4 Å². The first-order chi connectivity index (χ1) is 16.9. The number of halogens is 1. The van der Waals surface area contributed by atoms with Gasteiger partial charge in [-0.15, -0.1) is 0 Å². The number of benzene rings is 3. The van der Waals surface area contributed by atoms with Crippen molar-refractivity contribution in [3.63, 3.8) is 0 Å². The number of aryl methyl sites for hydroxylation is 1. The van der Waals surface area contributed by atoms with Crippen LogP contribution in [0, 0.1) is 0 Å². The van der Waals surface area contributed by atoms with Gasteiger partial charge in [-0.2, -0.15) is 0 Å². The number of methoxy groups -OCH3 is 1. The van der Waals surface area contributed by atoms with E-state index in [4.69, 9.17) is 16.3 Å². The number of amides is 1. The number of nitrogens with zero attached hydrogens (tertiary/aromatic N) is 2. The SMILES string of the molecule is CCc1ccc2nc(N3C(=O)C(=O)/C(=C(/O)c4ccc(OC)cc4)[C@H]3c3ccc(Cl)cc3)sc2c1. The van der Waals surface area contributed by atoms with Crippen LogP contribution in [0.4, 0.5) is 5.13 Å². The third-order valence-electron chi connectivity index (χ3n) is 6.05. The number of ketones is 1. The number of aromatic nitrogens is 1. The molecule has 0 bridgehead atoms. The molecular formula is C27H21ClN2O4S. The molecule has 1 saturated heterocycles. The molecule has 3 aromatic carbocycles. The molecule has 1 atom stereocenters. The van der Waals surface area contributed by atoms with E-state index in [1.165, 1.54) is 16.2 Å². The molecule has 0 aliphatic carbocycles. The Morgan fingerprint density at radius 3 is 2.46 bits per heavy atom. The van der Waals surface area contributed by atoms with E-state index in [1.807, 2.05) is 18.2 Å². The molecular weight excluding hydrogens is 484 g/mol. The second-order valence-electron chi connectivity index (χ2n) is 8.10. The Kier molecular flexibility index (Phi) is 6.05. The van der Waals surface area contributed by atoms with Crippen molar-refractivity contribution < 1.29 is 19.4 Å². The van der Waals surface area contributed by atoms with Crippen molar-refractivity contribution in [3.05, 3.63) is 94.0 Å². The summed E-state index contributed by atoms with van der Waals surface area (Å²) in [6.07, 6.45) is 0.875. The Hall–Kier alpha value is -3.68. The smallest absolute Gasteiger partial charge is 0.301 e. The zero-order valence-corrected chi connectivity index (χ0v) is 20.6. The van der Waals surface area contributed by atoms with E-state index in [2.05, 4.69) is 11.9 Å². The van der Waals surface area contributed by atoms with Gasteiger partial charge in [0.15, 0.2) is 5.13 Å². The number of anilines is 1. The Balaban J connectivity index is 1.69. The predicted octanol–water partition coefficient (Wildman–Crippen LogP) is 6.15. The minimum Gasteiger partial charge on any atom is -0.507 e. The Morgan fingerprint density at radius 2 is 1.80 bits per heavy atom. The first-order valence-corrected chi connectivity index (χ1v) is 12.2. The molecule has 8 heteroatoms. The van der Waals surface area contributed by atoms with E-state index in [-0.39, 0.29) is 11.3 Å². The molecule has 6 nitrogen and oxygen atoms in total. The van der Waals surface area contributed by atoms with Crippen molar-refractivity contribution in [3.8, 4) is 5.75 Å². The van der Waals surface area contributed by atoms with Gasteiger partial charge in [-0.3, -0.25) is 14.5 Å². The van der Waals surface area contributed by atoms with E-state index < -0.39 is 17.7 Å². The lowest BCUT2D eigenvalue weighted by molar-refractivity contribution is -0.132. The van der Waals surface area contributed by atoms with Crippen LogP contribution >= 0.6 is 22.9 Å². The number of hydrogen-bond donors (Lipinski definition) is 1. The summed E-state index contributed by atoms with van der Waals surface area (Å²) in [5.74, 6) is -1.17. The van der Waals surface area contributed by atoms with Crippen LogP contribution in [0.2, 0.25) is 5.02 Å². The summed E-state index contributed by atoms with van der Waals surface area (Å²) < 4.78 is 6.11. The maximum atomic E-state index is 13.4. The number of rotatable bonds is 5. The number of ether oxygens (including phenoxy) is 1. The summed E-state index contributed by atoms with van der Waals surface area (Å²) in [5.41, 5.74) is 2.94. The summed E-state index contributed by atoms with van der Waals surface area (Å²) in [7, 11) is 1.54. The van der Waals surface area contributed by atoms with Gasteiger partial charge in [0, 0.05) is 10.6 Å². The van der Waals surface area contributed by atoms with Gasteiger partial charge in [0.1, 0.15) is 11.5 Å². The average molecular weight is 505 g/mol. The van der Waals surface area contributed by atoms with Crippen molar-refractivity contribution in [2.24, 2.45) is 0 Å². The highest BCUT2D eigenvalue weighted by atomic mass is 35.5. The number of carbonyl (C=O) groups is 2. The van der Waals surface area contributed by atoms with Crippen molar-refractivity contribution in [2.75, 3.05) is 12.0 Å². The van der Waals surface area contributed by atoms with E-state index in [0.717, 1.165) is 22.2 Å². The molecule has 5 rings (SSSR count). The number of aliphatic hydroxyl groups is 1. The maximum absolute atomic E-state index is 13.4. The molecule has 4 aromatic rings. The van der Waals surface area contributed by atoms with Gasteiger partial charge in [-0.1, -0.05) is 48.1 Å². The van der Waals surface area contributed by atoms with E-state index in [0.29, 0.717) is 27.0 Å². The number of carbonyl (C=O) groups excluding carboxylic acids is 2. The molecule has 1 fully saturated rings. The lowest BCUT2D eigenvalue weighted by Crippen LogP contribution is -2.29. The number of hydrogen-bond acceptors (Lipinski definition) is 6. The molecule has 1 aliphatic heterocycles. The number of thiazole rings is 1. The fourth-order valence-corrected chi connectivity index (χ4v) is 5.36. The van der Waals surface area contributed by atoms with Crippen molar-refractivity contribution in [1.29, 1.82) is 0 Å². The fraction of sp³-hybridized carbons (Fsp3) is 0.148. The first kappa shape index (κ1) is 23.1. The largest absolute Gasteiger partial charge is 0.507 e. The van der Waals surface area contributed by atoms with Crippen LogP contribution in [0.5, 0.6) is 5.75 Å². The van der Waals surface area contributed by atoms with E-state index >= 15 is 0 Å². The lowest BCUT2D eigenvalue weighted by Gasteiger charge is -2.23. The molecule has 0 unspecified atom stereocenters. The summed E-state index contributed by atoms with van der Waals surface area (Å²) in [6.45, 7) is 2.07. The second-order valence-corrected chi connectivity index (χ2v) is 9.55. The Bertz CT molecular complexity index is 1480. The third kappa shape index (κ3) is 4.07. The van der Waals surface area contributed by atoms with Crippen LogP contribution in [0.3, 0.4) is 0 Å². The predicted molar refractivity (Wildman–Crippen MR) is 138 cm³/mol. The first-order valence-electron chi connectivity index (χ1n) is 11.0. The molecule has 1 N–H and O–H groups in total. The molecule has 1 aliphatic rings. The highest BCUT2D eigenvalue weighted by Crippen LogP contribution is 2.44. The summed E-state index contributed by atoms with van der Waals surface area (Å²) >= 11 is 7.44. The molecule has 0 radical (unpaired) electrons. The van der Waals surface area contributed by atoms with Gasteiger partial charge in [0.2, 0.25) is 0 Å².